The van der Waals surface area contributed by atoms with Gasteiger partial charge in [-0.15, -0.1) is 5.10 Å². The van der Waals surface area contributed by atoms with E-state index >= 15 is 0 Å². The summed E-state index contributed by atoms with van der Waals surface area (Å²) < 4.78 is 1.83. The van der Waals surface area contributed by atoms with Crippen molar-refractivity contribution in [3.8, 4) is 0 Å². The number of para-hydroxylation sites is 1. The summed E-state index contributed by atoms with van der Waals surface area (Å²) in [6, 6.07) is 19.0. The lowest BCUT2D eigenvalue weighted by atomic mass is 10.1. The maximum absolute atomic E-state index is 6.03. The molecular weight excluding hydrogens is 357 g/mol. The molecule has 0 aliphatic rings. The summed E-state index contributed by atoms with van der Waals surface area (Å²) >= 11 is 12.0. The molecule has 2 aromatic heterocycles. The lowest BCUT2D eigenvalue weighted by molar-refractivity contribution is 0.569. The van der Waals surface area contributed by atoms with Gasteiger partial charge in [-0.25, -0.2) is 9.67 Å². The van der Waals surface area contributed by atoms with Crippen molar-refractivity contribution in [2.75, 3.05) is 5.32 Å². The summed E-state index contributed by atoms with van der Waals surface area (Å²) in [4.78, 5) is 4.32. The SMILES string of the molecule is Clc1ccc([C@@H](Nc2ccc(Cl)cn2)n2nnc3ccccc32)cc1. The van der Waals surface area contributed by atoms with Gasteiger partial charge in [0.1, 0.15) is 17.5 Å². The van der Waals surface area contributed by atoms with Crippen LogP contribution in [0.4, 0.5) is 5.82 Å². The van der Waals surface area contributed by atoms with E-state index in [2.05, 4.69) is 20.6 Å². The smallest absolute Gasteiger partial charge is 0.150 e. The Morgan fingerprint density at radius 2 is 1.64 bits per heavy atom. The molecule has 2 heterocycles. The lowest BCUT2D eigenvalue weighted by Gasteiger charge is -2.20. The van der Waals surface area contributed by atoms with Crippen LogP contribution in [0.2, 0.25) is 10.0 Å². The van der Waals surface area contributed by atoms with Crippen LogP contribution in [0.1, 0.15) is 11.7 Å². The minimum absolute atomic E-state index is 0.293. The van der Waals surface area contributed by atoms with Gasteiger partial charge in [0.15, 0.2) is 0 Å². The molecule has 0 aliphatic carbocycles. The van der Waals surface area contributed by atoms with Gasteiger partial charge < -0.3 is 5.32 Å². The average molecular weight is 370 g/mol. The summed E-state index contributed by atoms with van der Waals surface area (Å²) in [5.74, 6) is 0.684. The highest BCUT2D eigenvalue weighted by atomic mass is 35.5. The van der Waals surface area contributed by atoms with E-state index in [0.717, 1.165) is 16.6 Å². The molecule has 0 spiro atoms. The van der Waals surface area contributed by atoms with Gasteiger partial charge in [-0.1, -0.05) is 52.7 Å². The number of hydrogen-bond donors (Lipinski definition) is 1. The Morgan fingerprint density at radius 3 is 2.40 bits per heavy atom. The van der Waals surface area contributed by atoms with E-state index < -0.39 is 0 Å². The number of aromatic nitrogens is 4. The molecule has 0 bridgehead atoms. The van der Waals surface area contributed by atoms with Crippen molar-refractivity contribution >= 4 is 40.1 Å². The van der Waals surface area contributed by atoms with Gasteiger partial charge in [0.25, 0.3) is 0 Å². The average Bonchev–Trinajstić information content (AvgIpc) is 3.06. The van der Waals surface area contributed by atoms with Gasteiger partial charge >= 0.3 is 0 Å². The minimum Gasteiger partial charge on any atom is -0.345 e. The molecule has 4 aromatic rings. The van der Waals surface area contributed by atoms with Crippen molar-refractivity contribution in [3.05, 3.63) is 82.5 Å². The molecule has 1 N–H and O–H groups in total. The lowest BCUT2D eigenvalue weighted by Crippen LogP contribution is -2.21. The maximum Gasteiger partial charge on any atom is 0.150 e. The van der Waals surface area contributed by atoms with E-state index in [4.69, 9.17) is 23.2 Å². The fourth-order valence-corrected chi connectivity index (χ4v) is 2.85. The second kappa shape index (κ2) is 6.70. The molecule has 0 unspecified atom stereocenters. The maximum atomic E-state index is 6.03. The van der Waals surface area contributed by atoms with Gasteiger partial charge in [-0.3, -0.25) is 0 Å². The fourth-order valence-electron chi connectivity index (χ4n) is 2.61. The molecular formula is C18H13Cl2N5. The van der Waals surface area contributed by atoms with Crippen LogP contribution in [0.25, 0.3) is 11.0 Å². The monoisotopic (exact) mass is 369 g/mol. The van der Waals surface area contributed by atoms with Crippen LogP contribution >= 0.6 is 23.2 Å². The van der Waals surface area contributed by atoms with E-state index in [0.29, 0.717) is 15.9 Å². The Morgan fingerprint density at radius 1 is 0.880 bits per heavy atom. The van der Waals surface area contributed by atoms with Crippen LogP contribution < -0.4 is 5.32 Å². The molecule has 0 fully saturated rings. The van der Waals surface area contributed by atoms with Crippen LogP contribution in [0.5, 0.6) is 0 Å². The summed E-state index contributed by atoms with van der Waals surface area (Å²) in [7, 11) is 0. The third-order valence-electron chi connectivity index (χ3n) is 3.82. The second-order valence-corrected chi connectivity index (χ2v) is 6.36. The van der Waals surface area contributed by atoms with Gasteiger partial charge in [0.2, 0.25) is 0 Å². The van der Waals surface area contributed by atoms with Crippen LogP contribution in [0.3, 0.4) is 0 Å². The summed E-state index contributed by atoms with van der Waals surface area (Å²) in [5, 5.41) is 13.2. The number of anilines is 1. The standard InChI is InChI=1S/C18H13Cl2N5/c19-13-7-5-12(6-8-13)18(22-17-10-9-14(20)11-21-17)25-16-4-2-1-3-15(16)23-24-25/h1-11,18H,(H,21,22)/t18-/m0/s1. The van der Waals surface area contributed by atoms with Crippen molar-refractivity contribution in [2.24, 2.45) is 0 Å². The fraction of sp³-hybridized carbons (Fsp3) is 0.0556. The van der Waals surface area contributed by atoms with E-state index in [9.17, 15) is 0 Å². The molecule has 0 saturated carbocycles. The Kier molecular flexibility index (Phi) is 4.26. The van der Waals surface area contributed by atoms with Crippen molar-refractivity contribution in [2.45, 2.75) is 6.17 Å². The van der Waals surface area contributed by atoms with Gasteiger partial charge in [0.05, 0.1) is 10.5 Å². The largest absolute Gasteiger partial charge is 0.345 e. The van der Waals surface area contributed by atoms with Crippen LogP contribution in [0.15, 0.2) is 66.9 Å². The van der Waals surface area contributed by atoms with E-state index in [1.54, 1.807) is 12.3 Å². The van der Waals surface area contributed by atoms with Crippen molar-refractivity contribution in [3.63, 3.8) is 0 Å². The predicted octanol–water partition coefficient (Wildman–Crippen LogP) is 4.79. The summed E-state index contributed by atoms with van der Waals surface area (Å²) in [6.07, 6.45) is 1.31. The van der Waals surface area contributed by atoms with Crippen molar-refractivity contribution < 1.29 is 0 Å². The molecule has 2 aromatic carbocycles. The number of nitrogens with zero attached hydrogens (tertiary/aromatic N) is 4. The number of rotatable bonds is 4. The normalized spacial score (nSPS) is 12.2. The highest BCUT2D eigenvalue weighted by molar-refractivity contribution is 6.30. The molecule has 0 aliphatic heterocycles. The van der Waals surface area contributed by atoms with E-state index in [1.807, 2.05) is 59.3 Å². The third-order valence-corrected chi connectivity index (χ3v) is 4.30. The predicted molar refractivity (Wildman–Crippen MR) is 100.0 cm³/mol. The van der Waals surface area contributed by atoms with Crippen molar-refractivity contribution in [1.29, 1.82) is 0 Å². The quantitative estimate of drug-likeness (QED) is 0.561. The summed E-state index contributed by atoms with van der Waals surface area (Å²) in [6.45, 7) is 0. The Hall–Kier alpha value is -2.63. The number of benzene rings is 2. The summed E-state index contributed by atoms with van der Waals surface area (Å²) in [5.41, 5.74) is 2.73. The zero-order chi connectivity index (χ0) is 17.2. The molecule has 124 valence electrons. The minimum atomic E-state index is -0.293. The number of halogens is 2. The molecule has 5 nitrogen and oxygen atoms in total. The molecule has 0 radical (unpaired) electrons. The zero-order valence-electron chi connectivity index (χ0n) is 13.0. The highest BCUT2D eigenvalue weighted by Gasteiger charge is 2.18. The van der Waals surface area contributed by atoms with Crippen LogP contribution in [-0.2, 0) is 0 Å². The second-order valence-electron chi connectivity index (χ2n) is 5.48. The van der Waals surface area contributed by atoms with E-state index in [-0.39, 0.29) is 6.17 Å². The Bertz CT molecular complexity index is 996. The number of pyridine rings is 1. The number of nitrogens with one attached hydrogen (secondary N) is 1. The Balaban J connectivity index is 1.80. The Labute approximate surface area is 154 Å². The molecule has 4 rings (SSSR count). The van der Waals surface area contributed by atoms with Gasteiger partial charge in [0, 0.05) is 11.2 Å². The first-order chi connectivity index (χ1) is 12.2. The first-order valence-electron chi connectivity index (χ1n) is 7.64. The van der Waals surface area contributed by atoms with Crippen LogP contribution in [0, 0.1) is 0 Å². The molecule has 7 heteroatoms. The molecule has 1 atom stereocenters. The van der Waals surface area contributed by atoms with Crippen LogP contribution in [-0.4, -0.2) is 20.0 Å². The van der Waals surface area contributed by atoms with Gasteiger partial charge in [-0.2, -0.15) is 0 Å². The molecule has 0 amide bonds. The van der Waals surface area contributed by atoms with E-state index in [1.165, 1.54) is 0 Å². The van der Waals surface area contributed by atoms with Gasteiger partial charge in [-0.05, 0) is 42.0 Å². The van der Waals surface area contributed by atoms with Crippen molar-refractivity contribution in [1.82, 2.24) is 20.0 Å². The highest BCUT2D eigenvalue weighted by Crippen LogP contribution is 2.25. The topological polar surface area (TPSA) is 55.6 Å². The molecule has 0 saturated heterocycles. The first kappa shape index (κ1) is 15.9. The third kappa shape index (κ3) is 3.29. The zero-order valence-corrected chi connectivity index (χ0v) is 14.5. The first-order valence-corrected chi connectivity index (χ1v) is 8.40. The number of fused-ring (bicyclic) bond motifs is 1. The number of hydrogen-bond acceptors (Lipinski definition) is 4. The molecule has 25 heavy (non-hydrogen) atoms.